The monoisotopic (exact) mass is 323 g/mol. The minimum Gasteiger partial charge on any atom is -0.391 e. The van der Waals surface area contributed by atoms with E-state index in [4.69, 9.17) is 0 Å². The zero-order valence-corrected chi connectivity index (χ0v) is 10.4. The van der Waals surface area contributed by atoms with E-state index in [0.29, 0.717) is 19.5 Å². The topological polar surface area (TPSA) is 40.5 Å². The third-order valence-electron chi connectivity index (χ3n) is 2.26. The van der Waals surface area contributed by atoms with Gasteiger partial charge in [0, 0.05) is 16.7 Å². The second kappa shape index (κ2) is 4.16. The minimum absolute atomic E-state index is 0.0564. The molecule has 2 heterocycles. The average molecular weight is 323 g/mol. The maximum Gasteiger partial charge on any atom is 0.265 e. The van der Waals surface area contributed by atoms with Gasteiger partial charge in [0.15, 0.2) is 0 Å². The first kappa shape index (κ1) is 10.4. The van der Waals surface area contributed by atoms with Crippen LogP contribution >= 0.6 is 33.9 Å². The summed E-state index contributed by atoms with van der Waals surface area (Å²) in [5.41, 5.74) is 0. The number of amides is 1. The highest BCUT2D eigenvalue weighted by atomic mass is 127. The lowest BCUT2D eigenvalue weighted by molar-refractivity contribution is 0.0769. The van der Waals surface area contributed by atoms with Gasteiger partial charge in [-0.3, -0.25) is 4.79 Å². The Hall–Kier alpha value is -0.140. The molecule has 1 aromatic rings. The lowest BCUT2D eigenvalue weighted by Gasteiger charge is -2.14. The largest absolute Gasteiger partial charge is 0.391 e. The third-order valence-corrected chi connectivity index (χ3v) is 4.43. The van der Waals surface area contributed by atoms with Crippen molar-refractivity contribution in [1.82, 2.24) is 4.90 Å². The smallest absolute Gasteiger partial charge is 0.265 e. The lowest BCUT2D eigenvalue weighted by Crippen LogP contribution is -2.29. The lowest BCUT2D eigenvalue weighted by atomic mass is 10.3. The molecule has 0 bridgehead atoms. The Morgan fingerprint density at radius 3 is 3.00 bits per heavy atom. The Morgan fingerprint density at radius 2 is 2.50 bits per heavy atom. The molecule has 0 aromatic carbocycles. The number of β-amino-alcohol motifs (C(OH)–C–C–N with tert-alkyl or cyclic N) is 1. The number of rotatable bonds is 1. The van der Waals surface area contributed by atoms with E-state index in [0.717, 1.165) is 8.45 Å². The van der Waals surface area contributed by atoms with E-state index in [2.05, 4.69) is 22.6 Å². The molecule has 5 heteroatoms. The summed E-state index contributed by atoms with van der Waals surface area (Å²) in [6, 6.07) is 1.94. The predicted molar refractivity (Wildman–Crippen MR) is 63.6 cm³/mol. The number of carbonyl (C=O) groups excluding carboxylic acids is 1. The molecule has 1 fully saturated rings. The molecule has 76 valence electrons. The SMILES string of the molecule is O=C(c1sccc1I)N1CC[C@H](O)C1. The van der Waals surface area contributed by atoms with E-state index in [1.807, 2.05) is 11.4 Å². The Labute approximate surface area is 99.9 Å². The van der Waals surface area contributed by atoms with E-state index in [1.165, 1.54) is 11.3 Å². The zero-order valence-electron chi connectivity index (χ0n) is 7.44. The summed E-state index contributed by atoms with van der Waals surface area (Å²) >= 11 is 3.63. The van der Waals surface area contributed by atoms with Crippen molar-refractivity contribution in [3.63, 3.8) is 0 Å². The van der Waals surface area contributed by atoms with Gasteiger partial charge in [0.1, 0.15) is 4.88 Å². The second-order valence-corrected chi connectivity index (χ2v) is 5.37. The quantitative estimate of drug-likeness (QED) is 0.797. The van der Waals surface area contributed by atoms with E-state index in [9.17, 15) is 9.90 Å². The van der Waals surface area contributed by atoms with Crippen molar-refractivity contribution >= 4 is 39.8 Å². The van der Waals surface area contributed by atoms with Crippen LogP contribution < -0.4 is 0 Å². The molecule has 0 aliphatic carbocycles. The van der Waals surface area contributed by atoms with Crippen molar-refractivity contribution in [2.45, 2.75) is 12.5 Å². The minimum atomic E-state index is -0.337. The summed E-state index contributed by atoms with van der Waals surface area (Å²) < 4.78 is 0.999. The van der Waals surface area contributed by atoms with Crippen LogP contribution in [0, 0.1) is 3.57 Å². The molecular weight excluding hydrogens is 313 g/mol. The molecule has 1 aromatic heterocycles. The number of thiophene rings is 1. The van der Waals surface area contributed by atoms with Crippen LogP contribution in [0.5, 0.6) is 0 Å². The number of halogens is 1. The van der Waals surface area contributed by atoms with Gasteiger partial charge in [0.05, 0.1) is 6.10 Å². The molecule has 3 nitrogen and oxygen atoms in total. The highest BCUT2D eigenvalue weighted by Crippen LogP contribution is 2.22. The van der Waals surface area contributed by atoms with Gasteiger partial charge in [-0.25, -0.2) is 0 Å². The highest BCUT2D eigenvalue weighted by molar-refractivity contribution is 14.1. The van der Waals surface area contributed by atoms with Gasteiger partial charge < -0.3 is 10.0 Å². The van der Waals surface area contributed by atoms with Gasteiger partial charge in [-0.15, -0.1) is 11.3 Å². The first-order valence-corrected chi connectivity index (χ1v) is 6.34. The van der Waals surface area contributed by atoms with Crippen LogP contribution in [0.4, 0.5) is 0 Å². The molecule has 1 atom stereocenters. The van der Waals surface area contributed by atoms with Gasteiger partial charge >= 0.3 is 0 Å². The van der Waals surface area contributed by atoms with Gasteiger partial charge in [-0.1, -0.05) is 0 Å². The number of aliphatic hydroxyl groups is 1. The summed E-state index contributed by atoms with van der Waals surface area (Å²) in [5, 5.41) is 11.2. The fourth-order valence-electron chi connectivity index (χ4n) is 1.52. The summed E-state index contributed by atoms with van der Waals surface area (Å²) in [6.45, 7) is 1.15. The van der Waals surface area contributed by atoms with E-state index >= 15 is 0 Å². The van der Waals surface area contributed by atoms with Crippen LogP contribution in [0.15, 0.2) is 11.4 Å². The van der Waals surface area contributed by atoms with E-state index < -0.39 is 0 Å². The molecule has 0 saturated carbocycles. The van der Waals surface area contributed by atoms with Crippen LogP contribution in [-0.4, -0.2) is 35.1 Å². The summed E-state index contributed by atoms with van der Waals surface area (Å²) in [6.07, 6.45) is 0.366. The first-order chi connectivity index (χ1) is 6.68. The van der Waals surface area contributed by atoms with Crippen LogP contribution in [-0.2, 0) is 0 Å². The number of carbonyl (C=O) groups is 1. The first-order valence-electron chi connectivity index (χ1n) is 4.39. The molecule has 0 spiro atoms. The molecule has 1 aliphatic heterocycles. The van der Waals surface area contributed by atoms with Crippen molar-refractivity contribution in [2.75, 3.05) is 13.1 Å². The highest BCUT2D eigenvalue weighted by Gasteiger charge is 2.26. The fourth-order valence-corrected chi connectivity index (χ4v) is 3.30. The molecule has 1 amide bonds. The van der Waals surface area contributed by atoms with Crippen LogP contribution in [0.2, 0.25) is 0 Å². The molecule has 1 N–H and O–H groups in total. The number of nitrogens with zero attached hydrogens (tertiary/aromatic N) is 1. The number of hydrogen-bond donors (Lipinski definition) is 1. The molecule has 1 aliphatic rings. The predicted octanol–water partition coefficient (Wildman–Crippen LogP) is 1.56. The van der Waals surface area contributed by atoms with E-state index in [-0.39, 0.29) is 12.0 Å². The Bertz CT molecular complexity index is 352. The molecule has 2 rings (SSSR count). The Balaban J connectivity index is 2.13. The molecule has 14 heavy (non-hydrogen) atoms. The van der Waals surface area contributed by atoms with Crippen molar-refractivity contribution in [3.8, 4) is 0 Å². The zero-order chi connectivity index (χ0) is 10.1. The standard InChI is InChI=1S/C9H10INO2S/c10-7-2-4-14-8(7)9(13)11-3-1-6(12)5-11/h2,4,6,12H,1,3,5H2/t6-/m0/s1. The van der Waals surface area contributed by atoms with Crippen LogP contribution in [0.3, 0.4) is 0 Å². The Kier molecular flexibility index (Phi) is 3.08. The van der Waals surface area contributed by atoms with Crippen molar-refractivity contribution in [2.24, 2.45) is 0 Å². The van der Waals surface area contributed by atoms with Gasteiger partial charge in [0.25, 0.3) is 5.91 Å². The van der Waals surface area contributed by atoms with Crippen LogP contribution in [0.25, 0.3) is 0 Å². The fraction of sp³-hybridized carbons (Fsp3) is 0.444. The van der Waals surface area contributed by atoms with Gasteiger partial charge in [-0.05, 0) is 40.5 Å². The molecule has 1 saturated heterocycles. The van der Waals surface area contributed by atoms with Gasteiger partial charge in [0.2, 0.25) is 0 Å². The molecule has 0 radical (unpaired) electrons. The average Bonchev–Trinajstić information content (AvgIpc) is 2.73. The summed E-state index contributed by atoms with van der Waals surface area (Å²) in [7, 11) is 0. The number of hydrogen-bond acceptors (Lipinski definition) is 3. The Morgan fingerprint density at radius 1 is 1.71 bits per heavy atom. The summed E-state index contributed by atoms with van der Waals surface area (Å²) in [5.74, 6) is 0.0564. The number of aliphatic hydroxyl groups excluding tert-OH is 1. The van der Waals surface area contributed by atoms with Crippen molar-refractivity contribution in [3.05, 3.63) is 19.9 Å². The van der Waals surface area contributed by atoms with Crippen molar-refractivity contribution in [1.29, 1.82) is 0 Å². The molecule has 0 unspecified atom stereocenters. The third kappa shape index (κ3) is 1.94. The van der Waals surface area contributed by atoms with Crippen molar-refractivity contribution < 1.29 is 9.90 Å². The molecular formula is C9H10INO2S. The maximum absolute atomic E-state index is 11.9. The maximum atomic E-state index is 11.9. The second-order valence-electron chi connectivity index (χ2n) is 3.29. The number of likely N-dealkylation sites (tertiary alicyclic amines) is 1. The van der Waals surface area contributed by atoms with Crippen LogP contribution in [0.1, 0.15) is 16.1 Å². The van der Waals surface area contributed by atoms with Gasteiger partial charge in [-0.2, -0.15) is 0 Å². The summed E-state index contributed by atoms with van der Waals surface area (Å²) in [4.78, 5) is 14.4. The normalized spacial score (nSPS) is 21.6. The van der Waals surface area contributed by atoms with E-state index in [1.54, 1.807) is 4.90 Å².